The molecule has 94 valence electrons. The number of nitrogens with one attached hydrogen (secondary N) is 1. The highest BCUT2D eigenvalue weighted by molar-refractivity contribution is 9.10. The minimum absolute atomic E-state index is 0.294. The van der Waals surface area contributed by atoms with Gasteiger partial charge in [-0.3, -0.25) is 4.79 Å². The number of thiazole rings is 1. The van der Waals surface area contributed by atoms with Crippen LogP contribution in [0.4, 0.5) is 4.39 Å². The summed E-state index contributed by atoms with van der Waals surface area (Å²) in [5.74, 6) is -0.765. The summed E-state index contributed by atoms with van der Waals surface area (Å²) in [6.07, 6.45) is 0. The van der Waals surface area contributed by atoms with Crippen LogP contribution in [0, 0.1) is 12.7 Å². The smallest absolute Gasteiger partial charge is 0.251 e. The average molecular weight is 329 g/mol. The van der Waals surface area contributed by atoms with Gasteiger partial charge in [0.2, 0.25) is 0 Å². The SMILES string of the molecule is Cc1nc(CNC(=O)c2ccc(Br)c(F)c2)cs1. The summed E-state index contributed by atoms with van der Waals surface area (Å²) in [5, 5.41) is 5.54. The van der Waals surface area contributed by atoms with Gasteiger partial charge in [-0.25, -0.2) is 9.37 Å². The van der Waals surface area contributed by atoms with Crippen molar-refractivity contribution in [1.82, 2.24) is 10.3 Å². The highest BCUT2D eigenvalue weighted by Crippen LogP contribution is 2.16. The Morgan fingerprint density at radius 1 is 1.56 bits per heavy atom. The zero-order valence-electron chi connectivity index (χ0n) is 9.54. The second-order valence-corrected chi connectivity index (χ2v) is 5.59. The summed E-state index contributed by atoms with van der Waals surface area (Å²) in [6.45, 7) is 2.25. The fourth-order valence-corrected chi connectivity index (χ4v) is 2.26. The molecular formula is C12H10BrFN2OS. The lowest BCUT2D eigenvalue weighted by atomic mass is 10.2. The number of aromatic nitrogens is 1. The number of aryl methyl sites for hydroxylation is 1. The average Bonchev–Trinajstić information content (AvgIpc) is 2.75. The van der Waals surface area contributed by atoms with Gasteiger partial charge in [-0.1, -0.05) is 0 Å². The number of rotatable bonds is 3. The van der Waals surface area contributed by atoms with Crippen molar-refractivity contribution in [3.63, 3.8) is 0 Å². The van der Waals surface area contributed by atoms with Gasteiger partial charge in [-0.15, -0.1) is 11.3 Å². The molecule has 1 aromatic carbocycles. The van der Waals surface area contributed by atoms with Crippen LogP contribution in [0.2, 0.25) is 0 Å². The van der Waals surface area contributed by atoms with Gasteiger partial charge >= 0.3 is 0 Å². The van der Waals surface area contributed by atoms with Crippen molar-refractivity contribution in [3.05, 3.63) is 50.1 Å². The van der Waals surface area contributed by atoms with Crippen molar-refractivity contribution in [1.29, 1.82) is 0 Å². The second kappa shape index (κ2) is 5.58. The van der Waals surface area contributed by atoms with Crippen molar-refractivity contribution in [2.24, 2.45) is 0 Å². The van der Waals surface area contributed by atoms with Gasteiger partial charge < -0.3 is 5.32 Å². The van der Waals surface area contributed by atoms with E-state index in [-0.39, 0.29) is 5.91 Å². The van der Waals surface area contributed by atoms with Crippen molar-refractivity contribution in [2.45, 2.75) is 13.5 Å². The van der Waals surface area contributed by atoms with Gasteiger partial charge in [0, 0.05) is 10.9 Å². The Labute approximate surface area is 116 Å². The summed E-state index contributed by atoms with van der Waals surface area (Å²) in [4.78, 5) is 16.0. The first kappa shape index (κ1) is 13.2. The van der Waals surface area contributed by atoms with Crippen LogP contribution in [0.25, 0.3) is 0 Å². The Hall–Kier alpha value is -1.27. The molecule has 18 heavy (non-hydrogen) atoms. The van der Waals surface area contributed by atoms with Crippen LogP contribution in [0.15, 0.2) is 28.1 Å². The third-order valence-electron chi connectivity index (χ3n) is 2.28. The van der Waals surface area contributed by atoms with E-state index in [1.807, 2.05) is 12.3 Å². The first-order chi connectivity index (χ1) is 8.56. The summed E-state index contributed by atoms with van der Waals surface area (Å²) in [5.41, 5.74) is 1.10. The van der Waals surface area contributed by atoms with Crippen molar-refractivity contribution in [3.8, 4) is 0 Å². The van der Waals surface area contributed by atoms with E-state index in [1.54, 1.807) is 6.07 Å². The van der Waals surface area contributed by atoms with Gasteiger partial charge in [-0.2, -0.15) is 0 Å². The summed E-state index contributed by atoms with van der Waals surface area (Å²) in [7, 11) is 0. The normalized spacial score (nSPS) is 10.4. The minimum Gasteiger partial charge on any atom is -0.346 e. The zero-order valence-corrected chi connectivity index (χ0v) is 11.9. The molecular weight excluding hydrogens is 319 g/mol. The number of benzene rings is 1. The lowest BCUT2D eigenvalue weighted by Crippen LogP contribution is -2.23. The quantitative estimate of drug-likeness (QED) is 0.939. The van der Waals surface area contributed by atoms with Crippen LogP contribution in [0.5, 0.6) is 0 Å². The number of nitrogens with zero attached hydrogens (tertiary/aromatic N) is 1. The lowest BCUT2D eigenvalue weighted by Gasteiger charge is -2.04. The Kier molecular flexibility index (Phi) is 4.08. The van der Waals surface area contributed by atoms with Crippen LogP contribution in [0.1, 0.15) is 21.1 Å². The molecule has 0 aliphatic carbocycles. The van der Waals surface area contributed by atoms with Crippen molar-refractivity contribution >= 4 is 33.2 Å². The van der Waals surface area contributed by atoms with Gasteiger partial charge in [0.25, 0.3) is 5.91 Å². The fraction of sp³-hybridized carbons (Fsp3) is 0.167. The highest BCUT2D eigenvalue weighted by Gasteiger charge is 2.09. The van der Waals surface area contributed by atoms with Crippen molar-refractivity contribution < 1.29 is 9.18 Å². The van der Waals surface area contributed by atoms with E-state index in [0.717, 1.165) is 10.7 Å². The van der Waals surface area contributed by atoms with Crippen LogP contribution in [-0.4, -0.2) is 10.9 Å². The molecule has 2 aromatic rings. The minimum atomic E-state index is -0.452. The second-order valence-electron chi connectivity index (χ2n) is 3.67. The molecule has 6 heteroatoms. The number of carbonyl (C=O) groups excluding carboxylic acids is 1. The number of halogens is 2. The molecule has 1 aromatic heterocycles. The molecule has 1 heterocycles. The maximum Gasteiger partial charge on any atom is 0.251 e. The van der Waals surface area contributed by atoms with Crippen LogP contribution in [-0.2, 0) is 6.54 Å². The fourth-order valence-electron chi connectivity index (χ4n) is 1.40. The van der Waals surface area contributed by atoms with E-state index in [4.69, 9.17) is 0 Å². The predicted molar refractivity (Wildman–Crippen MR) is 72.1 cm³/mol. The van der Waals surface area contributed by atoms with Crippen LogP contribution in [0.3, 0.4) is 0 Å². The molecule has 0 spiro atoms. The molecule has 0 atom stereocenters. The van der Waals surface area contributed by atoms with Gasteiger partial charge in [-0.05, 0) is 41.1 Å². The van der Waals surface area contributed by atoms with Gasteiger partial charge in [0.05, 0.1) is 21.7 Å². The zero-order chi connectivity index (χ0) is 13.1. The summed E-state index contributed by atoms with van der Waals surface area (Å²) in [6, 6.07) is 4.28. The van der Waals surface area contributed by atoms with Gasteiger partial charge in [0.1, 0.15) is 5.82 Å². The first-order valence-electron chi connectivity index (χ1n) is 5.20. The molecule has 0 bridgehead atoms. The molecule has 1 amide bonds. The number of hydrogen-bond donors (Lipinski definition) is 1. The predicted octanol–water partition coefficient (Wildman–Crippen LogP) is 3.28. The Bertz CT molecular complexity index is 585. The van der Waals surface area contributed by atoms with E-state index >= 15 is 0 Å². The Balaban J connectivity index is 2.01. The highest BCUT2D eigenvalue weighted by atomic mass is 79.9. The number of hydrogen-bond acceptors (Lipinski definition) is 3. The third-order valence-corrected chi connectivity index (χ3v) is 3.74. The van der Waals surface area contributed by atoms with Crippen molar-refractivity contribution in [2.75, 3.05) is 0 Å². The largest absolute Gasteiger partial charge is 0.346 e. The van der Waals surface area contributed by atoms with E-state index in [1.165, 1.54) is 23.5 Å². The Morgan fingerprint density at radius 3 is 2.94 bits per heavy atom. The molecule has 2 rings (SSSR count). The maximum atomic E-state index is 13.3. The molecule has 0 radical (unpaired) electrons. The van der Waals surface area contributed by atoms with E-state index in [9.17, 15) is 9.18 Å². The molecule has 0 saturated heterocycles. The van der Waals surface area contributed by atoms with E-state index in [2.05, 4.69) is 26.2 Å². The number of amides is 1. The monoisotopic (exact) mass is 328 g/mol. The molecule has 0 unspecified atom stereocenters. The first-order valence-corrected chi connectivity index (χ1v) is 6.88. The Morgan fingerprint density at radius 2 is 2.33 bits per heavy atom. The molecule has 1 N–H and O–H groups in total. The molecule has 0 aliphatic heterocycles. The topological polar surface area (TPSA) is 42.0 Å². The van der Waals surface area contributed by atoms with E-state index < -0.39 is 5.82 Å². The molecule has 0 fully saturated rings. The lowest BCUT2D eigenvalue weighted by molar-refractivity contribution is 0.0950. The summed E-state index contributed by atoms with van der Waals surface area (Å²) < 4.78 is 13.6. The standard InChI is InChI=1S/C12H10BrFN2OS/c1-7-16-9(6-18-7)5-15-12(17)8-2-3-10(13)11(14)4-8/h2-4,6H,5H2,1H3,(H,15,17). The molecule has 0 saturated carbocycles. The summed E-state index contributed by atoms with van der Waals surface area (Å²) >= 11 is 4.57. The molecule has 3 nitrogen and oxygen atoms in total. The van der Waals surface area contributed by atoms with Gasteiger partial charge in [0.15, 0.2) is 0 Å². The number of carbonyl (C=O) groups is 1. The van der Waals surface area contributed by atoms with E-state index in [0.29, 0.717) is 16.6 Å². The maximum absolute atomic E-state index is 13.3. The third kappa shape index (κ3) is 3.14. The van der Waals surface area contributed by atoms with Crippen LogP contribution < -0.4 is 5.32 Å². The molecule has 0 aliphatic rings. The van der Waals surface area contributed by atoms with Crippen LogP contribution >= 0.6 is 27.3 Å².